The summed E-state index contributed by atoms with van der Waals surface area (Å²) in [6.45, 7) is 2.20. The van der Waals surface area contributed by atoms with Crippen molar-refractivity contribution in [1.82, 2.24) is 10.6 Å². The molecule has 0 radical (unpaired) electrons. The molecule has 22 heavy (non-hydrogen) atoms. The van der Waals surface area contributed by atoms with Crippen molar-refractivity contribution in [1.29, 1.82) is 0 Å². The monoisotopic (exact) mass is 320 g/mol. The second-order valence-corrected chi connectivity index (χ2v) is 4.98. The topological polar surface area (TPSA) is 71.3 Å². The zero-order valence-corrected chi connectivity index (χ0v) is 12.7. The van der Waals surface area contributed by atoms with E-state index in [2.05, 4.69) is 16.7 Å². The van der Waals surface area contributed by atoms with Crippen LogP contribution in [0.2, 0.25) is 0 Å². The summed E-state index contributed by atoms with van der Waals surface area (Å²) in [4.78, 5) is 24.0. The molecule has 1 amide bonds. The lowest BCUT2D eigenvalue weighted by Crippen LogP contribution is -2.32. The number of fused-ring (bicyclic) bond motifs is 1. The number of benzene rings is 1. The largest absolute Gasteiger partial charge is 0.422 e. The lowest BCUT2D eigenvalue weighted by molar-refractivity contribution is 0.0953. The van der Waals surface area contributed by atoms with Gasteiger partial charge in [0, 0.05) is 18.5 Å². The van der Waals surface area contributed by atoms with Gasteiger partial charge >= 0.3 is 5.63 Å². The molecule has 1 aromatic heterocycles. The number of carbonyl (C=O) groups is 1. The van der Waals surface area contributed by atoms with Gasteiger partial charge in [-0.05, 0) is 25.1 Å². The molecular formula is C16H17ClN2O3. The summed E-state index contributed by atoms with van der Waals surface area (Å²) in [5.41, 5.74) is 1.10. The van der Waals surface area contributed by atoms with Crippen LogP contribution in [0.4, 0.5) is 0 Å². The third-order valence-corrected chi connectivity index (χ3v) is 3.52. The van der Waals surface area contributed by atoms with Crippen LogP contribution in [0.5, 0.6) is 0 Å². The quantitative estimate of drug-likeness (QED) is 0.669. The van der Waals surface area contributed by atoms with Gasteiger partial charge in [0.1, 0.15) is 11.1 Å². The van der Waals surface area contributed by atoms with E-state index in [1.165, 1.54) is 5.57 Å². The molecule has 0 bridgehead atoms. The van der Waals surface area contributed by atoms with Crippen molar-refractivity contribution >= 4 is 29.3 Å². The van der Waals surface area contributed by atoms with Gasteiger partial charge in [-0.15, -0.1) is 12.4 Å². The molecule has 0 spiro atoms. The molecule has 0 unspecified atom stereocenters. The molecule has 2 heterocycles. The average molecular weight is 321 g/mol. The van der Waals surface area contributed by atoms with Crippen LogP contribution in [0, 0.1) is 0 Å². The molecule has 6 heteroatoms. The van der Waals surface area contributed by atoms with Crippen LogP contribution in [0.1, 0.15) is 16.8 Å². The van der Waals surface area contributed by atoms with Gasteiger partial charge in [-0.1, -0.05) is 29.8 Å². The smallest absolute Gasteiger partial charge is 0.349 e. The SMILES string of the molecule is Cl.O=C(NCC1=CCNCC1)c1cc2ccccc2oc1=O. The van der Waals surface area contributed by atoms with Crippen LogP contribution in [0.15, 0.2) is 51.2 Å². The summed E-state index contributed by atoms with van der Waals surface area (Å²) in [5, 5.41) is 6.73. The number of para-hydroxylation sites is 1. The lowest BCUT2D eigenvalue weighted by Gasteiger charge is -2.14. The van der Waals surface area contributed by atoms with Crippen LogP contribution in [-0.2, 0) is 0 Å². The van der Waals surface area contributed by atoms with Crippen molar-refractivity contribution in [2.45, 2.75) is 6.42 Å². The Morgan fingerprint density at radius 3 is 2.91 bits per heavy atom. The first-order valence-corrected chi connectivity index (χ1v) is 6.94. The fraction of sp³-hybridized carbons (Fsp3) is 0.250. The first kappa shape index (κ1) is 16.3. The third kappa shape index (κ3) is 3.55. The number of rotatable bonds is 3. The Bertz CT molecular complexity index is 767. The Hall–Kier alpha value is -2.11. The molecule has 0 saturated carbocycles. The van der Waals surface area contributed by atoms with E-state index in [4.69, 9.17) is 4.42 Å². The highest BCUT2D eigenvalue weighted by Crippen LogP contribution is 2.12. The molecule has 2 N–H and O–H groups in total. The van der Waals surface area contributed by atoms with Gasteiger partial charge in [-0.3, -0.25) is 4.79 Å². The minimum atomic E-state index is -0.606. The maximum atomic E-state index is 12.1. The highest BCUT2D eigenvalue weighted by atomic mass is 35.5. The molecular weight excluding hydrogens is 304 g/mol. The normalized spacial score (nSPS) is 14.1. The molecule has 0 atom stereocenters. The Morgan fingerprint density at radius 2 is 2.14 bits per heavy atom. The molecule has 2 aromatic rings. The summed E-state index contributed by atoms with van der Waals surface area (Å²) in [6.07, 6.45) is 2.97. The molecule has 0 saturated heterocycles. The molecule has 3 rings (SSSR count). The Kier molecular flexibility index (Phi) is 5.35. The van der Waals surface area contributed by atoms with Crippen molar-refractivity contribution < 1.29 is 9.21 Å². The number of halogens is 1. The highest BCUT2D eigenvalue weighted by Gasteiger charge is 2.14. The maximum Gasteiger partial charge on any atom is 0.349 e. The molecule has 0 fully saturated rings. The predicted octanol–water partition coefficient (Wildman–Crippen LogP) is 1.86. The summed E-state index contributed by atoms with van der Waals surface area (Å²) in [6, 6.07) is 8.72. The van der Waals surface area contributed by atoms with Gasteiger partial charge in [-0.25, -0.2) is 4.79 Å². The fourth-order valence-corrected chi connectivity index (χ4v) is 2.34. The van der Waals surface area contributed by atoms with Gasteiger partial charge in [-0.2, -0.15) is 0 Å². The van der Waals surface area contributed by atoms with E-state index in [1.54, 1.807) is 18.2 Å². The molecule has 5 nitrogen and oxygen atoms in total. The first-order valence-electron chi connectivity index (χ1n) is 6.94. The summed E-state index contributed by atoms with van der Waals surface area (Å²) < 4.78 is 5.16. The van der Waals surface area contributed by atoms with E-state index < -0.39 is 11.5 Å². The maximum absolute atomic E-state index is 12.1. The van der Waals surface area contributed by atoms with Crippen LogP contribution < -0.4 is 16.3 Å². The zero-order valence-electron chi connectivity index (χ0n) is 11.9. The number of amides is 1. The van der Waals surface area contributed by atoms with E-state index in [0.29, 0.717) is 12.1 Å². The second-order valence-electron chi connectivity index (χ2n) is 4.98. The van der Waals surface area contributed by atoms with Crippen molar-refractivity contribution in [3.63, 3.8) is 0 Å². The number of hydrogen-bond donors (Lipinski definition) is 2. The van der Waals surface area contributed by atoms with Gasteiger partial charge in [0.05, 0.1) is 0 Å². The number of nitrogens with one attached hydrogen (secondary N) is 2. The zero-order chi connectivity index (χ0) is 14.7. The van der Waals surface area contributed by atoms with Crippen LogP contribution in [0.3, 0.4) is 0 Å². The van der Waals surface area contributed by atoms with Crippen LogP contribution >= 0.6 is 12.4 Å². The van der Waals surface area contributed by atoms with E-state index in [0.717, 1.165) is 24.9 Å². The standard InChI is InChI=1S/C16H16N2O3.ClH/c19-15(18-10-11-5-7-17-8-6-11)13-9-12-3-1-2-4-14(12)21-16(13)20;/h1-5,9,17H,6-8,10H2,(H,18,19);1H. The summed E-state index contributed by atoms with van der Waals surface area (Å²) in [7, 11) is 0. The van der Waals surface area contributed by atoms with Crippen molar-refractivity contribution in [2.24, 2.45) is 0 Å². The second kappa shape index (κ2) is 7.24. The lowest BCUT2D eigenvalue weighted by atomic mass is 10.1. The Balaban J connectivity index is 0.00000176. The summed E-state index contributed by atoms with van der Waals surface area (Å²) >= 11 is 0. The van der Waals surface area contributed by atoms with Gasteiger partial charge < -0.3 is 15.1 Å². The van der Waals surface area contributed by atoms with Gasteiger partial charge in [0.25, 0.3) is 5.91 Å². The van der Waals surface area contributed by atoms with E-state index in [1.807, 2.05) is 12.1 Å². The molecule has 116 valence electrons. The van der Waals surface area contributed by atoms with Crippen molar-refractivity contribution in [3.8, 4) is 0 Å². The highest BCUT2D eigenvalue weighted by molar-refractivity contribution is 5.96. The van der Waals surface area contributed by atoms with Gasteiger partial charge in [0.15, 0.2) is 0 Å². The molecule has 1 aromatic carbocycles. The van der Waals surface area contributed by atoms with Crippen LogP contribution in [0.25, 0.3) is 11.0 Å². The minimum Gasteiger partial charge on any atom is -0.422 e. The van der Waals surface area contributed by atoms with E-state index >= 15 is 0 Å². The number of hydrogen-bond acceptors (Lipinski definition) is 4. The van der Waals surface area contributed by atoms with E-state index in [-0.39, 0.29) is 18.0 Å². The fourth-order valence-electron chi connectivity index (χ4n) is 2.34. The minimum absolute atomic E-state index is 0. The molecule has 1 aliphatic rings. The third-order valence-electron chi connectivity index (χ3n) is 3.52. The summed E-state index contributed by atoms with van der Waals surface area (Å²) in [5.74, 6) is -0.395. The molecule has 1 aliphatic heterocycles. The average Bonchev–Trinajstić information content (AvgIpc) is 2.53. The van der Waals surface area contributed by atoms with Crippen molar-refractivity contribution in [2.75, 3.05) is 19.6 Å². The van der Waals surface area contributed by atoms with Gasteiger partial charge in [0.2, 0.25) is 0 Å². The van der Waals surface area contributed by atoms with E-state index in [9.17, 15) is 9.59 Å². The predicted molar refractivity (Wildman–Crippen MR) is 87.6 cm³/mol. The van der Waals surface area contributed by atoms with Crippen LogP contribution in [-0.4, -0.2) is 25.5 Å². The Labute approximate surface area is 133 Å². The first-order chi connectivity index (χ1) is 10.2. The van der Waals surface area contributed by atoms with Crippen molar-refractivity contribution in [3.05, 3.63) is 58.0 Å². The Morgan fingerprint density at radius 1 is 1.32 bits per heavy atom. The number of carbonyl (C=O) groups excluding carboxylic acids is 1. The molecule has 0 aliphatic carbocycles.